The smallest absolute Gasteiger partial charge is 0.0737 e. The van der Waals surface area contributed by atoms with E-state index in [0.717, 1.165) is 13.0 Å². The Morgan fingerprint density at radius 1 is 1.32 bits per heavy atom. The van der Waals surface area contributed by atoms with E-state index in [1.54, 1.807) is 0 Å². The highest BCUT2D eigenvalue weighted by atomic mass is 15.1. The maximum absolute atomic E-state index is 4.73. The van der Waals surface area contributed by atoms with Crippen LogP contribution in [0.3, 0.4) is 0 Å². The van der Waals surface area contributed by atoms with Crippen molar-refractivity contribution >= 4 is 10.9 Å². The number of hydrogen-bond donors (Lipinski definition) is 0. The Balaban J connectivity index is 2.00. The van der Waals surface area contributed by atoms with Crippen LogP contribution in [0.5, 0.6) is 0 Å². The molecule has 1 fully saturated rings. The maximum Gasteiger partial charge on any atom is 0.0737 e. The van der Waals surface area contributed by atoms with Gasteiger partial charge in [0.25, 0.3) is 0 Å². The van der Waals surface area contributed by atoms with Crippen molar-refractivity contribution in [2.75, 3.05) is 19.6 Å². The number of aromatic nitrogens is 1. The SMILES string of the molecule is CCc1cnc2c(C3CCN(CC)C3)cccc2c1. The van der Waals surface area contributed by atoms with E-state index in [4.69, 9.17) is 4.98 Å². The molecule has 2 heteroatoms. The predicted octanol–water partition coefficient (Wildman–Crippen LogP) is 3.61. The Bertz CT molecular complexity index is 576. The van der Waals surface area contributed by atoms with E-state index in [2.05, 4.69) is 43.0 Å². The summed E-state index contributed by atoms with van der Waals surface area (Å²) >= 11 is 0. The molecule has 0 radical (unpaired) electrons. The van der Waals surface area contributed by atoms with Crippen LogP contribution in [0, 0.1) is 0 Å². The molecule has 0 N–H and O–H groups in total. The molecule has 1 saturated heterocycles. The van der Waals surface area contributed by atoms with Gasteiger partial charge in [-0.3, -0.25) is 4.98 Å². The van der Waals surface area contributed by atoms with Gasteiger partial charge in [-0.1, -0.05) is 32.0 Å². The van der Waals surface area contributed by atoms with E-state index < -0.39 is 0 Å². The summed E-state index contributed by atoms with van der Waals surface area (Å²) in [5.74, 6) is 0.656. The molecule has 1 aliphatic heterocycles. The third kappa shape index (κ3) is 2.37. The average Bonchev–Trinajstić information content (AvgIpc) is 2.94. The fraction of sp³-hybridized carbons (Fsp3) is 0.471. The molecule has 0 amide bonds. The van der Waals surface area contributed by atoms with Crippen molar-refractivity contribution in [3.63, 3.8) is 0 Å². The lowest BCUT2D eigenvalue weighted by atomic mass is 9.95. The zero-order valence-corrected chi connectivity index (χ0v) is 11.9. The number of aryl methyl sites for hydroxylation is 1. The molecular formula is C17H22N2. The highest BCUT2D eigenvalue weighted by molar-refractivity contribution is 5.82. The summed E-state index contributed by atoms with van der Waals surface area (Å²) in [4.78, 5) is 7.26. The average molecular weight is 254 g/mol. The fourth-order valence-corrected chi connectivity index (χ4v) is 3.13. The first-order chi connectivity index (χ1) is 9.31. The first kappa shape index (κ1) is 12.6. The molecule has 2 heterocycles. The summed E-state index contributed by atoms with van der Waals surface area (Å²) < 4.78 is 0. The van der Waals surface area contributed by atoms with Gasteiger partial charge < -0.3 is 4.90 Å². The third-order valence-corrected chi connectivity index (χ3v) is 4.37. The van der Waals surface area contributed by atoms with Gasteiger partial charge >= 0.3 is 0 Å². The minimum atomic E-state index is 0.656. The molecular weight excluding hydrogens is 232 g/mol. The topological polar surface area (TPSA) is 16.1 Å². The number of para-hydroxylation sites is 1. The second-order valence-corrected chi connectivity index (χ2v) is 5.49. The van der Waals surface area contributed by atoms with E-state index in [9.17, 15) is 0 Å². The summed E-state index contributed by atoms with van der Waals surface area (Å²) in [7, 11) is 0. The molecule has 2 aromatic rings. The van der Waals surface area contributed by atoms with Gasteiger partial charge in [-0.2, -0.15) is 0 Å². The summed E-state index contributed by atoms with van der Waals surface area (Å²) in [6.45, 7) is 8.01. The highest BCUT2D eigenvalue weighted by Crippen LogP contribution is 2.31. The van der Waals surface area contributed by atoms with Crippen molar-refractivity contribution in [2.45, 2.75) is 32.6 Å². The van der Waals surface area contributed by atoms with Crippen molar-refractivity contribution in [2.24, 2.45) is 0 Å². The third-order valence-electron chi connectivity index (χ3n) is 4.37. The van der Waals surface area contributed by atoms with Crippen LogP contribution in [-0.4, -0.2) is 29.5 Å². The normalized spacial score (nSPS) is 20.2. The molecule has 0 bridgehead atoms. The zero-order chi connectivity index (χ0) is 13.2. The molecule has 19 heavy (non-hydrogen) atoms. The monoisotopic (exact) mass is 254 g/mol. The fourth-order valence-electron chi connectivity index (χ4n) is 3.13. The highest BCUT2D eigenvalue weighted by Gasteiger charge is 2.24. The number of likely N-dealkylation sites (N-methyl/N-ethyl adjacent to an activating group) is 1. The summed E-state index contributed by atoms with van der Waals surface area (Å²) in [6, 6.07) is 8.94. The van der Waals surface area contributed by atoms with Gasteiger partial charge in [0.15, 0.2) is 0 Å². The van der Waals surface area contributed by atoms with Gasteiger partial charge in [0.05, 0.1) is 5.52 Å². The van der Waals surface area contributed by atoms with Crippen molar-refractivity contribution in [3.05, 3.63) is 41.6 Å². The molecule has 100 valence electrons. The van der Waals surface area contributed by atoms with Gasteiger partial charge in [0.2, 0.25) is 0 Å². The minimum absolute atomic E-state index is 0.656. The minimum Gasteiger partial charge on any atom is -0.303 e. The van der Waals surface area contributed by atoms with Crippen LogP contribution in [0.25, 0.3) is 10.9 Å². The second kappa shape index (κ2) is 5.30. The lowest BCUT2D eigenvalue weighted by Crippen LogP contribution is -2.19. The standard InChI is InChI=1S/C17H22N2/c1-3-13-10-14-6-5-7-16(17(14)18-11-13)15-8-9-19(4-2)12-15/h5-7,10-11,15H,3-4,8-9,12H2,1-2H3. The molecule has 0 saturated carbocycles. The van der Waals surface area contributed by atoms with E-state index in [1.165, 1.54) is 41.5 Å². The quantitative estimate of drug-likeness (QED) is 0.832. The molecule has 1 unspecified atom stereocenters. The number of hydrogen-bond acceptors (Lipinski definition) is 2. The maximum atomic E-state index is 4.73. The summed E-state index contributed by atoms with van der Waals surface area (Å²) in [5, 5.41) is 1.30. The number of benzene rings is 1. The Labute approximate surface area is 115 Å². The lowest BCUT2D eigenvalue weighted by Gasteiger charge is -2.15. The van der Waals surface area contributed by atoms with Gasteiger partial charge in [0, 0.05) is 18.1 Å². The number of rotatable bonds is 3. The molecule has 1 aliphatic rings. The van der Waals surface area contributed by atoms with E-state index in [0.29, 0.717) is 5.92 Å². The van der Waals surface area contributed by atoms with Crippen molar-refractivity contribution in [1.82, 2.24) is 9.88 Å². The van der Waals surface area contributed by atoms with E-state index in [1.807, 2.05) is 6.20 Å². The first-order valence-electron chi connectivity index (χ1n) is 7.41. The van der Waals surface area contributed by atoms with Crippen molar-refractivity contribution in [1.29, 1.82) is 0 Å². The Hall–Kier alpha value is -1.41. The van der Waals surface area contributed by atoms with E-state index >= 15 is 0 Å². The molecule has 1 atom stereocenters. The van der Waals surface area contributed by atoms with Crippen LogP contribution in [0.4, 0.5) is 0 Å². The molecule has 2 nitrogen and oxygen atoms in total. The van der Waals surface area contributed by atoms with Crippen molar-refractivity contribution < 1.29 is 0 Å². The number of likely N-dealkylation sites (tertiary alicyclic amines) is 1. The molecule has 0 aliphatic carbocycles. The number of pyridine rings is 1. The van der Waals surface area contributed by atoms with E-state index in [-0.39, 0.29) is 0 Å². The first-order valence-corrected chi connectivity index (χ1v) is 7.41. The number of fused-ring (bicyclic) bond motifs is 1. The Morgan fingerprint density at radius 2 is 2.21 bits per heavy atom. The summed E-state index contributed by atoms with van der Waals surface area (Å²) in [5.41, 5.74) is 3.98. The molecule has 1 aromatic carbocycles. The molecule has 1 aromatic heterocycles. The van der Waals surface area contributed by atoms with Crippen molar-refractivity contribution in [3.8, 4) is 0 Å². The second-order valence-electron chi connectivity index (χ2n) is 5.49. The zero-order valence-electron chi connectivity index (χ0n) is 11.9. The van der Waals surface area contributed by atoms with Gasteiger partial charge in [-0.25, -0.2) is 0 Å². The van der Waals surface area contributed by atoms with Crippen LogP contribution in [0.1, 0.15) is 37.3 Å². The van der Waals surface area contributed by atoms with Crippen LogP contribution >= 0.6 is 0 Å². The Morgan fingerprint density at radius 3 is 2.95 bits per heavy atom. The van der Waals surface area contributed by atoms with Gasteiger partial charge in [-0.15, -0.1) is 0 Å². The van der Waals surface area contributed by atoms with Crippen LogP contribution < -0.4 is 0 Å². The van der Waals surface area contributed by atoms with Crippen LogP contribution in [0.15, 0.2) is 30.5 Å². The summed E-state index contributed by atoms with van der Waals surface area (Å²) in [6.07, 6.45) is 4.36. The predicted molar refractivity (Wildman–Crippen MR) is 80.6 cm³/mol. The van der Waals surface area contributed by atoms with Crippen LogP contribution in [0.2, 0.25) is 0 Å². The largest absolute Gasteiger partial charge is 0.303 e. The van der Waals surface area contributed by atoms with Gasteiger partial charge in [-0.05, 0) is 49.0 Å². The van der Waals surface area contributed by atoms with Crippen LogP contribution in [-0.2, 0) is 6.42 Å². The Kier molecular flexibility index (Phi) is 3.52. The lowest BCUT2D eigenvalue weighted by molar-refractivity contribution is 0.354. The van der Waals surface area contributed by atoms with Gasteiger partial charge in [0.1, 0.15) is 0 Å². The molecule has 3 rings (SSSR count). The number of nitrogens with zero attached hydrogens (tertiary/aromatic N) is 2. The molecule has 0 spiro atoms.